The van der Waals surface area contributed by atoms with Crippen LogP contribution in [0.4, 0.5) is 5.69 Å². The quantitative estimate of drug-likeness (QED) is 0.110. The molecule has 1 atom stereocenters. The second kappa shape index (κ2) is 19.3. The number of allylic oxidation sites excluding steroid dienone is 4. The van der Waals surface area contributed by atoms with Crippen LogP contribution >= 0.6 is 15.8 Å². The van der Waals surface area contributed by atoms with E-state index in [2.05, 4.69) is 211 Å². The van der Waals surface area contributed by atoms with Crippen molar-refractivity contribution in [1.82, 2.24) is 0 Å². The van der Waals surface area contributed by atoms with Crippen LogP contribution in [-0.4, -0.2) is 48.2 Å². The van der Waals surface area contributed by atoms with E-state index in [9.17, 15) is 0 Å². The van der Waals surface area contributed by atoms with Crippen LogP contribution in [-0.2, 0) is 28.1 Å². The van der Waals surface area contributed by atoms with Crippen LogP contribution in [0.1, 0.15) is 111 Å². The molecule has 0 saturated carbocycles. The summed E-state index contributed by atoms with van der Waals surface area (Å²) in [7, 11) is 9.35. The summed E-state index contributed by atoms with van der Waals surface area (Å²) < 4.78 is 24.2. The number of para-hydroxylation sites is 1. The van der Waals surface area contributed by atoms with Gasteiger partial charge in [0.05, 0.1) is 28.4 Å². The standard InChI is InChI=1S/C58H75NO4P2/c1-55(2,3)44-34-39(23-27-49(44)60-15)64(40-24-28-50(61-16)45(35-40)56(4,5)6)53-31-32-54(43(53)33-38-21-19-20-22-48(38)59(13)14)65(41-25-29-51(62-17)46(36-41)57(7,8)9)42-26-30-52(63-18)47(37-42)58(10,11)12/h19-32,34-37,53H,33H2,1-18H3. The number of rotatable bonds is 13. The fourth-order valence-electron chi connectivity index (χ4n) is 9.12. The number of hydrogen-bond donors (Lipinski definition) is 0. The molecule has 0 amide bonds. The maximum atomic E-state index is 6.06. The van der Waals surface area contributed by atoms with E-state index in [1.54, 1.807) is 28.4 Å². The summed E-state index contributed by atoms with van der Waals surface area (Å²) >= 11 is 0. The first-order valence-corrected chi connectivity index (χ1v) is 25.7. The average Bonchev–Trinajstić information content (AvgIpc) is 3.64. The summed E-state index contributed by atoms with van der Waals surface area (Å²) in [4.78, 5) is 2.26. The van der Waals surface area contributed by atoms with Crippen molar-refractivity contribution in [2.24, 2.45) is 0 Å². The van der Waals surface area contributed by atoms with E-state index in [-0.39, 0.29) is 27.3 Å². The second-order valence-corrected chi connectivity index (χ2v) is 26.2. The molecule has 6 rings (SSSR count). The summed E-state index contributed by atoms with van der Waals surface area (Å²) in [6.07, 6.45) is 5.85. The van der Waals surface area contributed by atoms with Gasteiger partial charge in [0.25, 0.3) is 0 Å². The van der Waals surface area contributed by atoms with E-state index in [0.717, 1.165) is 29.4 Å². The second-order valence-electron chi connectivity index (χ2n) is 21.7. The largest absolute Gasteiger partial charge is 0.496 e. The Labute approximate surface area is 395 Å². The summed E-state index contributed by atoms with van der Waals surface area (Å²) in [5.41, 5.74) is 8.38. The average molecular weight is 912 g/mol. The minimum Gasteiger partial charge on any atom is -0.496 e. The first-order valence-electron chi connectivity index (χ1n) is 22.9. The van der Waals surface area contributed by atoms with Gasteiger partial charge in [-0.3, -0.25) is 0 Å². The zero-order chi connectivity index (χ0) is 47.8. The summed E-state index contributed by atoms with van der Waals surface area (Å²) in [6.45, 7) is 27.4. The summed E-state index contributed by atoms with van der Waals surface area (Å²) in [5, 5.41) is 6.66. The predicted octanol–water partition coefficient (Wildman–Crippen LogP) is 13.0. The van der Waals surface area contributed by atoms with Gasteiger partial charge in [0.1, 0.15) is 23.0 Å². The van der Waals surface area contributed by atoms with Gasteiger partial charge in [-0.25, -0.2) is 0 Å². The molecule has 0 heterocycles. The Morgan fingerprint density at radius 3 is 1.18 bits per heavy atom. The fraction of sp³-hybridized carbons (Fsp3) is 0.414. The lowest BCUT2D eigenvalue weighted by molar-refractivity contribution is 0.397. The molecule has 5 aromatic rings. The number of methoxy groups -OCH3 is 4. The monoisotopic (exact) mass is 912 g/mol. The van der Waals surface area contributed by atoms with E-state index in [0.29, 0.717) is 0 Å². The number of anilines is 1. The van der Waals surface area contributed by atoms with Gasteiger partial charge in [0.2, 0.25) is 0 Å². The molecule has 7 heteroatoms. The number of ether oxygens (including phenoxy) is 4. The minimum absolute atomic E-state index is 0.0864. The molecule has 1 aliphatic carbocycles. The van der Waals surface area contributed by atoms with Crippen LogP contribution in [0.3, 0.4) is 0 Å². The van der Waals surface area contributed by atoms with Gasteiger partial charge in [-0.05, 0) is 136 Å². The van der Waals surface area contributed by atoms with Gasteiger partial charge in [0.15, 0.2) is 0 Å². The van der Waals surface area contributed by atoms with Crippen molar-refractivity contribution >= 4 is 42.7 Å². The van der Waals surface area contributed by atoms with Crippen molar-refractivity contribution in [2.75, 3.05) is 47.4 Å². The molecule has 0 fully saturated rings. The molecular formula is C58H75NO4P2. The molecule has 346 valence electrons. The third-order valence-corrected chi connectivity index (χ3v) is 17.7. The van der Waals surface area contributed by atoms with Crippen molar-refractivity contribution < 1.29 is 18.9 Å². The highest BCUT2D eigenvalue weighted by Gasteiger charge is 2.37. The summed E-state index contributed by atoms with van der Waals surface area (Å²) in [5.74, 6) is 3.68. The maximum absolute atomic E-state index is 6.06. The van der Waals surface area contributed by atoms with Crippen LogP contribution in [0.5, 0.6) is 23.0 Å². The van der Waals surface area contributed by atoms with Crippen LogP contribution in [0.25, 0.3) is 0 Å². The highest BCUT2D eigenvalue weighted by atomic mass is 31.1. The molecule has 0 radical (unpaired) electrons. The highest BCUT2D eigenvalue weighted by molar-refractivity contribution is 7.77. The van der Waals surface area contributed by atoms with Gasteiger partial charge in [-0.1, -0.05) is 138 Å². The van der Waals surface area contributed by atoms with Crippen molar-refractivity contribution in [3.05, 3.63) is 148 Å². The predicted molar refractivity (Wildman–Crippen MR) is 284 cm³/mol. The maximum Gasteiger partial charge on any atom is 0.122 e. The molecule has 0 bridgehead atoms. The molecule has 0 saturated heterocycles. The van der Waals surface area contributed by atoms with Crippen LogP contribution in [0.2, 0.25) is 0 Å². The van der Waals surface area contributed by atoms with Crippen LogP contribution < -0.4 is 45.1 Å². The van der Waals surface area contributed by atoms with Gasteiger partial charge in [-0.2, -0.15) is 0 Å². The Kier molecular flexibility index (Phi) is 14.8. The molecule has 1 aliphatic rings. The Balaban J connectivity index is 1.76. The molecule has 1 unspecified atom stereocenters. The molecular weight excluding hydrogens is 837 g/mol. The fourth-order valence-corrected chi connectivity index (χ4v) is 14.5. The topological polar surface area (TPSA) is 40.2 Å². The van der Waals surface area contributed by atoms with Gasteiger partial charge in [-0.15, -0.1) is 0 Å². The van der Waals surface area contributed by atoms with Gasteiger partial charge < -0.3 is 23.8 Å². The van der Waals surface area contributed by atoms with E-state index < -0.39 is 15.8 Å². The Morgan fingerprint density at radius 1 is 0.477 bits per heavy atom. The molecule has 5 nitrogen and oxygen atoms in total. The normalized spacial score (nSPS) is 14.7. The van der Waals surface area contributed by atoms with Gasteiger partial charge >= 0.3 is 0 Å². The SMILES string of the molecule is COc1ccc(P(C2=C(Cc3ccccc3N(C)C)C(P(c3ccc(OC)c(C(C)(C)C)c3)c3ccc(OC)c(C(C)(C)C)c3)C=C2)c2ccc(OC)c(C(C)(C)C)c2)cc1C(C)(C)C. The van der Waals surface area contributed by atoms with Gasteiger partial charge in [0, 0.05) is 47.7 Å². The first-order chi connectivity index (χ1) is 30.4. The smallest absolute Gasteiger partial charge is 0.122 e. The van der Waals surface area contributed by atoms with Crippen molar-refractivity contribution in [1.29, 1.82) is 0 Å². The lowest BCUT2D eigenvalue weighted by Crippen LogP contribution is -2.26. The van der Waals surface area contributed by atoms with Crippen molar-refractivity contribution in [3.63, 3.8) is 0 Å². The molecule has 0 spiro atoms. The van der Waals surface area contributed by atoms with Crippen molar-refractivity contribution in [3.8, 4) is 23.0 Å². The molecule has 0 aromatic heterocycles. The van der Waals surface area contributed by atoms with E-state index in [4.69, 9.17) is 18.9 Å². The third-order valence-electron chi connectivity index (χ3n) is 12.5. The zero-order valence-electron chi connectivity index (χ0n) is 42.7. The lowest BCUT2D eigenvalue weighted by atomic mass is 9.86. The van der Waals surface area contributed by atoms with Crippen LogP contribution in [0, 0.1) is 0 Å². The molecule has 0 aliphatic heterocycles. The third kappa shape index (κ3) is 10.7. The summed E-state index contributed by atoms with van der Waals surface area (Å²) in [6, 6.07) is 36.8. The molecule has 5 aromatic carbocycles. The molecule has 0 N–H and O–H groups in total. The zero-order valence-corrected chi connectivity index (χ0v) is 44.4. The number of hydrogen-bond acceptors (Lipinski definition) is 5. The van der Waals surface area contributed by atoms with E-state index in [1.807, 2.05) is 0 Å². The highest BCUT2D eigenvalue weighted by Crippen LogP contribution is 2.57. The Morgan fingerprint density at radius 2 is 0.831 bits per heavy atom. The van der Waals surface area contributed by atoms with Crippen LogP contribution in [0.15, 0.2) is 120 Å². The number of benzene rings is 5. The Hall–Kier alpha value is -4.56. The number of nitrogens with zero attached hydrogens (tertiary/aromatic N) is 1. The minimum atomic E-state index is -1.09. The lowest BCUT2D eigenvalue weighted by Gasteiger charge is -2.33. The Bertz CT molecular complexity index is 2430. The molecule has 65 heavy (non-hydrogen) atoms. The van der Waals surface area contributed by atoms with Crippen molar-refractivity contribution in [2.45, 2.75) is 117 Å². The van der Waals surface area contributed by atoms with E-state index >= 15 is 0 Å². The van der Waals surface area contributed by atoms with E-state index in [1.165, 1.54) is 65.6 Å². The first kappa shape index (κ1) is 49.9.